The van der Waals surface area contributed by atoms with E-state index in [2.05, 4.69) is 34.1 Å². The van der Waals surface area contributed by atoms with E-state index in [0.717, 1.165) is 17.5 Å². The molecule has 0 radical (unpaired) electrons. The maximum Gasteiger partial charge on any atom is 0.252 e. The minimum atomic E-state index is -0.171. The second-order valence-electron chi connectivity index (χ2n) is 6.11. The van der Waals surface area contributed by atoms with E-state index in [0.29, 0.717) is 12.0 Å². The summed E-state index contributed by atoms with van der Waals surface area (Å²) in [7, 11) is 0. The van der Waals surface area contributed by atoms with E-state index < -0.39 is 0 Å². The molecule has 6 heteroatoms. The van der Waals surface area contributed by atoms with Crippen molar-refractivity contribution in [2.75, 3.05) is 0 Å². The van der Waals surface area contributed by atoms with Crippen LogP contribution in [0, 0.1) is 17.2 Å². The van der Waals surface area contributed by atoms with Gasteiger partial charge in [-0.1, -0.05) is 19.1 Å². The molecule has 128 valence electrons. The van der Waals surface area contributed by atoms with E-state index in [1.807, 2.05) is 18.2 Å². The predicted molar refractivity (Wildman–Crippen MR) is 94.0 cm³/mol. The normalized spacial score (nSPS) is 22.3. The lowest BCUT2D eigenvalue weighted by molar-refractivity contribution is 0.0920. The zero-order valence-corrected chi connectivity index (χ0v) is 14.1. The minimum absolute atomic E-state index is 0.114. The maximum absolute atomic E-state index is 12.6. The van der Waals surface area contributed by atoms with Gasteiger partial charge in [-0.15, -0.1) is 0 Å². The summed E-state index contributed by atoms with van der Waals surface area (Å²) in [5.41, 5.74) is 9.02. The summed E-state index contributed by atoms with van der Waals surface area (Å²) in [6.45, 7) is 2.11. The van der Waals surface area contributed by atoms with Gasteiger partial charge in [0.2, 0.25) is 0 Å². The van der Waals surface area contributed by atoms with Crippen LogP contribution in [0.2, 0.25) is 0 Å². The highest BCUT2D eigenvalue weighted by Gasteiger charge is 2.36. The molecule has 1 fully saturated rings. The Morgan fingerprint density at radius 3 is 2.80 bits per heavy atom. The third kappa shape index (κ3) is 3.85. The predicted octanol–water partition coefficient (Wildman–Crippen LogP) is 2.08. The summed E-state index contributed by atoms with van der Waals surface area (Å²) in [6, 6.07) is 13.4. The molecular formula is C19H21N5O. The third-order valence-corrected chi connectivity index (χ3v) is 4.55. The first-order valence-corrected chi connectivity index (χ1v) is 8.40. The average molecular weight is 335 g/mol. The number of nitrogens with zero attached hydrogens (tertiary/aromatic N) is 2. The molecule has 6 nitrogen and oxygen atoms in total. The molecule has 1 aromatic carbocycles. The summed E-state index contributed by atoms with van der Waals surface area (Å²) in [5, 5.41) is 11.9. The number of hydrogen-bond donors (Lipinski definition) is 3. The molecule has 2 heterocycles. The number of pyridine rings is 1. The Bertz CT molecular complexity index is 771. The van der Waals surface area contributed by atoms with Crippen molar-refractivity contribution >= 4 is 5.91 Å². The third-order valence-electron chi connectivity index (χ3n) is 4.55. The van der Waals surface area contributed by atoms with Gasteiger partial charge < -0.3 is 5.32 Å². The Morgan fingerprint density at radius 2 is 2.08 bits per heavy atom. The molecule has 1 saturated heterocycles. The largest absolute Gasteiger partial charge is 0.335 e. The number of amides is 1. The van der Waals surface area contributed by atoms with Crippen LogP contribution in [-0.2, 0) is 6.42 Å². The van der Waals surface area contributed by atoms with Crippen molar-refractivity contribution in [3.8, 4) is 6.07 Å². The minimum Gasteiger partial charge on any atom is -0.335 e. The average Bonchev–Trinajstić information content (AvgIpc) is 3.05. The van der Waals surface area contributed by atoms with Crippen molar-refractivity contribution in [2.45, 2.75) is 32.0 Å². The first-order chi connectivity index (χ1) is 12.2. The SMILES string of the molecule is CCC1C(NC(=O)c2cccc(CC#N)c2)NNC1c1ccncc1. The van der Waals surface area contributed by atoms with Gasteiger partial charge in [0, 0.05) is 23.9 Å². The second-order valence-corrected chi connectivity index (χ2v) is 6.11. The summed E-state index contributed by atoms with van der Waals surface area (Å²) < 4.78 is 0. The van der Waals surface area contributed by atoms with Gasteiger partial charge in [0.05, 0.1) is 24.7 Å². The number of rotatable bonds is 5. The van der Waals surface area contributed by atoms with Gasteiger partial charge >= 0.3 is 0 Å². The molecule has 3 unspecified atom stereocenters. The second kappa shape index (κ2) is 7.88. The summed E-state index contributed by atoms with van der Waals surface area (Å²) in [6.07, 6.45) is 4.58. The molecule has 0 bridgehead atoms. The first-order valence-electron chi connectivity index (χ1n) is 8.40. The molecule has 3 N–H and O–H groups in total. The van der Waals surface area contributed by atoms with Gasteiger partial charge in [-0.05, 0) is 41.8 Å². The fraction of sp³-hybridized carbons (Fsp3) is 0.316. The fourth-order valence-electron chi connectivity index (χ4n) is 3.24. The van der Waals surface area contributed by atoms with Gasteiger partial charge in [-0.3, -0.25) is 9.78 Å². The quantitative estimate of drug-likeness (QED) is 0.778. The zero-order chi connectivity index (χ0) is 17.6. The van der Waals surface area contributed by atoms with E-state index in [4.69, 9.17) is 5.26 Å². The van der Waals surface area contributed by atoms with Crippen LogP contribution >= 0.6 is 0 Å². The molecule has 3 rings (SSSR count). The van der Waals surface area contributed by atoms with Crippen LogP contribution in [0.15, 0.2) is 48.8 Å². The lowest BCUT2D eigenvalue weighted by Crippen LogP contribution is -2.46. The van der Waals surface area contributed by atoms with Gasteiger partial charge in [-0.25, -0.2) is 10.9 Å². The van der Waals surface area contributed by atoms with Crippen molar-refractivity contribution in [3.63, 3.8) is 0 Å². The van der Waals surface area contributed by atoms with Crippen molar-refractivity contribution < 1.29 is 4.79 Å². The van der Waals surface area contributed by atoms with Crippen LogP contribution in [-0.4, -0.2) is 17.1 Å². The topological polar surface area (TPSA) is 89.8 Å². The number of nitrogens with one attached hydrogen (secondary N) is 3. The number of hydrogen-bond acceptors (Lipinski definition) is 5. The number of carbonyl (C=O) groups is 1. The Labute approximate surface area is 147 Å². The van der Waals surface area contributed by atoms with Crippen LogP contribution in [0.5, 0.6) is 0 Å². The van der Waals surface area contributed by atoms with Crippen molar-refractivity contribution in [1.82, 2.24) is 21.2 Å². The van der Waals surface area contributed by atoms with Crippen LogP contribution in [0.3, 0.4) is 0 Å². The molecule has 3 atom stereocenters. The monoisotopic (exact) mass is 335 g/mol. The van der Waals surface area contributed by atoms with Gasteiger partial charge in [0.25, 0.3) is 5.91 Å². The molecule has 0 aliphatic carbocycles. The summed E-state index contributed by atoms with van der Waals surface area (Å²) in [4.78, 5) is 16.6. The molecule has 1 aromatic heterocycles. The number of aromatic nitrogens is 1. The molecule has 1 amide bonds. The van der Waals surface area contributed by atoms with E-state index in [1.54, 1.807) is 30.6 Å². The summed E-state index contributed by atoms with van der Waals surface area (Å²) in [5.74, 6) is 0.0709. The van der Waals surface area contributed by atoms with Crippen molar-refractivity contribution in [3.05, 3.63) is 65.5 Å². The van der Waals surface area contributed by atoms with Crippen LogP contribution in [0.25, 0.3) is 0 Å². The van der Waals surface area contributed by atoms with Crippen molar-refractivity contribution in [2.24, 2.45) is 5.92 Å². The number of benzene rings is 1. The Balaban J connectivity index is 1.71. The molecule has 2 aromatic rings. The lowest BCUT2D eigenvalue weighted by atomic mass is 9.91. The van der Waals surface area contributed by atoms with Gasteiger partial charge in [0.15, 0.2) is 0 Å². The van der Waals surface area contributed by atoms with E-state index >= 15 is 0 Å². The highest BCUT2D eigenvalue weighted by atomic mass is 16.1. The molecular weight excluding hydrogens is 314 g/mol. The molecule has 1 aliphatic heterocycles. The van der Waals surface area contributed by atoms with E-state index in [9.17, 15) is 4.79 Å². The van der Waals surface area contributed by atoms with Crippen LogP contribution in [0.1, 0.15) is 40.9 Å². The number of nitriles is 1. The van der Waals surface area contributed by atoms with Crippen LogP contribution < -0.4 is 16.2 Å². The highest BCUT2D eigenvalue weighted by Crippen LogP contribution is 2.29. The van der Waals surface area contributed by atoms with E-state index in [1.165, 1.54) is 0 Å². The van der Waals surface area contributed by atoms with Crippen LogP contribution in [0.4, 0.5) is 0 Å². The molecule has 0 spiro atoms. The van der Waals surface area contributed by atoms with Gasteiger partial charge in [0.1, 0.15) is 0 Å². The maximum atomic E-state index is 12.6. The lowest BCUT2D eigenvalue weighted by Gasteiger charge is -2.22. The molecule has 1 aliphatic rings. The number of hydrazine groups is 1. The van der Waals surface area contributed by atoms with E-state index in [-0.39, 0.29) is 24.0 Å². The highest BCUT2D eigenvalue weighted by molar-refractivity contribution is 5.94. The Morgan fingerprint density at radius 1 is 1.28 bits per heavy atom. The number of carbonyl (C=O) groups excluding carboxylic acids is 1. The molecule has 25 heavy (non-hydrogen) atoms. The Kier molecular flexibility index (Phi) is 5.39. The fourth-order valence-corrected chi connectivity index (χ4v) is 3.24. The standard InChI is InChI=1S/C19H21N5O/c1-2-16-17(14-7-10-21-11-8-14)23-24-18(16)22-19(25)15-5-3-4-13(12-15)6-9-20/h3-5,7-8,10-12,16-18,23-24H,2,6H2,1H3,(H,22,25). The summed E-state index contributed by atoms with van der Waals surface area (Å²) >= 11 is 0. The van der Waals surface area contributed by atoms with Gasteiger partial charge in [-0.2, -0.15) is 5.26 Å². The first kappa shape index (κ1) is 17.1. The smallest absolute Gasteiger partial charge is 0.252 e. The zero-order valence-electron chi connectivity index (χ0n) is 14.1. The van der Waals surface area contributed by atoms with Crippen molar-refractivity contribution in [1.29, 1.82) is 5.26 Å². The molecule has 0 saturated carbocycles. The Hall–Kier alpha value is -2.75.